The lowest BCUT2D eigenvalue weighted by Gasteiger charge is -2.09. The summed E-state index contributed by atoms with van der Waals surface area (Å²) in [4.78, 5) is 0. The van der Waals surface area contributed by atoms with Gasteiger partial charge in [-0.2, -0.15) is 0 Å². The van der Waals surface area contributed by atoms with Gasteiger partial charge in [0.15, 0.2) is 0 Å². The normalized spacial score (nSPS) is 11.4. The molecular weight excluding hydrogens is 580 g/mol. The van der Waals surface area contributed by atoms with Crippen LogP contribution in [0.1, 0.15) is 0 Å². The monoisotopic (exact) mass is 636 g/mol. The van der Waals surface area contributed by atoms with Crippen LogP contribution in [0.5, 0.6) is 5.75 Å². The van der Waals surface area contributed by atoms with Crippen molar-refractivity contribution in [3.05, 3.63) is 24.3 Å². The zero-order chi connectivity index (χ0) is 31.4. The van der Waals surface area contributed by atoms with Crippen LogP contribution in [0.2, 0.25) is 0 Å². The van der Waals surface area contributed by atoms with E-state index in [1.165, 1.54) is 0 Å². The molecule has 0 amide bonds. The van der Waals surface area contributed by atoms with Gasteiger partial charge in [-0.1, -0.05) is 12.1 Å². The van der Waals surface area contributed by atoms with Gasteiger partial charge in [0.05, 0.1) is 151 Å². The molecule has 0 aliphatic heterocycles. The fourth-order valence-corrected chi connectivity index (χ4v) is 3.21. The molecule has 0 fully saturated rings. The minimum atomic E-state index is 0.438. The topological polar surface area (TPSA) is 163 Å². The molecule has 0 unspecified atom stereocenters. The van der Waals surface area contributed by atoms with Crippen LogP contribution in [0.15, 0.2) is 24.3 Å². The largest absolute Gasteiger partial charge is 0.489 e. The zero-order valence-corrected chi connectivity index (χ0v) is 26.3. The van der Waals surface area contributed by atoms with E-state index in [0.29, 0.717) is 170 Å². The second-order valence-electron chi connectivity index (χ2n) is 8.91. The van der Waals surface area contributed by atoms with Crippen LogP contribution in [0.25, 0.3) is 0 Å². The molecule has 0 heterocycles. The molecule has 14 nitrogen and oxygen atoms in total. The second-order valence-corrected chi connectivity index (χ2v) is 8.91. The Morgan fingerprint density at radius 2 is 0.591 bits per heavy atom. The Kier molecular flexibility index (Phi) is 31.4. The molecule has 0 radical (unpaired) electrons. The van der Waals surface area contributed by atoms with E-state index in [2.05, 4.69) is 0 Å². The number of anilines is 1. The van der Waals surface area contributed by atoms with Gasteiger partial charge in [-0.3, -0.25) is 0 Å². The number of hydrogen-bond donors (Lipinski definition) is 2. The Labute approximate surface area is 262 Å². The number of nitrogen functional groups attached to an aromatic ring is 1. The molecule has 0 atom stereocenters. The lowest BCUT2D eigenvalue weighted by atomic mass is 10.3. The van der Waals surface area contributed by atoms with Crippen LogP contribution >= 0.6 is 0 Å². The van der Waals surface area contributed by atoms with Gasteiger partial charge >= 0.3 is 0 Å². The predicted octanol–water partition coefficient (Wildman–Crippen LogP) is 0.789. The maximum atomic E-state index is 5.81. The van der Waals surface area contributed by atoms with Crippen LogP contribution in [0.3, 0.4) is 0 Å². The van der Waals surface area contributed by atoms with Crippen molar-refractivity contribution < 1.29 is 56.8 Å². The molecular formula is C30H56N2O12. The predicted molar refractivity (Wildman–Crippen MR) is 164 cm³/mol. The van der Waals surface area contributed by atoms with Gasteiger partial charge < -0.3 is 68.3 Å². The summed E-state index contributed by atoms with van der Waals surface area (Å²) in [6.45, 7) is 12.3. The van der Waals surface area contributed by atoms with Gasteiger partial charge in [0.25, 0.3) is 0 Å². The number of benzene rings is 1. The SMILES string of the molecule is NCCOCCOCCOCCOCCOCCOCCOCCOCCOCCOCCOCCOc1ccccc1N. The number of rotatable bonds is 36. The van der Waals surface area contributed by atoms with Gasteiger partial charge in [0.2, 0.25) is 0 Å². The minimum absolute atomic E-state index is 0.438. The molecule has 0 spiro atoms. The maximum absolute atomic E-state index is 5.81. The zero-order valence-electron chi connectivity index (χ0n) is 26.3. The summed E-state index contributed by atoms with van der Waals surface area (Å²) in [5, 5.41) is 0. The minimum Gasteiger partial charge on any atom is -0.489 e. The first-order valence-corrected chi connectivity index (χ1v) is 15.4. The van der Waals surface area contributed by atoms with Crippen LogP contribution < -0.4 is 16.2 Å². The van der Waals surface area contributed by atoms with Crippen molar-refractivity contribution in [1.82, 2.24) is 0 Å². The molecule has 0 saturated carbocycles. The average Bonchev–Trinajstić information content (AvgIpc) is 3.03. The smallest absolute Gasteiger partial charge is 0.142 e. The lowest BCUT2D eigenvalue weighted by Crippen LogP contribution is -2.16. The molecule has 0 aliphatic carbocycles. The van der Waals surface area contributed by atoms with Crippen molar-refractivity contribution in [3.8, 4) is 5.75 Å². The van der Waals surface area contributed by atoms with E-state index in [4.69, 9.17) is 68.3 Å². The third-order valence-corrected chi connectivity index (χ3v) is 5.39. The number of hydrogen-bond acceptors (Lipinski definition) is 14. The molecule has 0 aliphatic rings. The van der Waals surface area contributed by atoms with Crippen molar-refractivity contribution in [1.29, 1.82) is 0 Å². The first kappa shape index (κ1) is 40.4. The first-order chi connectivity index (χ1) is 21.8. The summed E-state index contributed by atoms with van der Waals surface area (Å²) in [5.41, 5.74) is 11.8. The standard InChI is InChI=1S/C30H56N2O12/c31-5-6-33-7-8-34-9-10-35-11-12-36-13-14-37-15-16-38-17-18-39-19-20-40-21-22-41-23-24-42-25-26-43-27-28-44-30-4-2-1-3-29(30)32/h1-4H,5-28,31-32H2. The van der Waals surface area contributed by atoms with Gasteiger partial charge in [-0.15, -0.1) is 0 Å². The Morgan fingerprint density at radius 1 is 0.341 bits per heavy atom. The van der Waals surface area contributed by atoms with Crippen LogP contribution in [-0.4, -0.2) is 159 Å². The van der Waals surface area contributed by atoms with E-state index in [1.807, 2.05) is 18.2 Å². The summed E-state index contributed by atoms with van der Waals surface area (Å²) in [5.74, 6) is 0.668. The maximum Gasteiger partial charge on any atom is 0.142 e. The summed E-state index contributed by atoms with van der Waals surface area (Å²) < 4.78 is 65.3. The lowest BCUT2D eigenvalue weighted by molar-refractivity contribution is -0.0276. The van der Waals surface area contributed by atoms with Gasteiger partial charge in [0.1, 0.15) is 12.4 Å². The summed E-state index contributed by atoms with van der Waals surface area (Å²) in [7, 11) is 0. The highest BCUT2D eigenvalue weighted by molar-refractivity contribution is 5.51. The molecule has 1 aromatic carbocycles. The number of nitrogens with two attached hydrogens (primary N) is 2. The molecule has 44 heavy (non-hydrogen) atoms. The van der Waals surface area contributed by atoms with Gasteiger partial charge in [-0.25, -0.2) is 0 Å². The summed E-state index contributed by atoms with van der Waals surface area (Å²) in [6, 6.07) is 7.38. The highest BCUT2D eigenvalue weighted by atomic mass is 16.6. The molecule has 14 heteroatoms. The highest BCUT2D eigenvalue weighted by Gasteiger charge is 1.99. The van der Waals surface area contributed by atoms with E-state index < -0.39 is 0 Å². The molecule has 0 bridgehead atoms. The Balaban J connectivity index is 1.63. The van der Waals surface area contributed by atoms with Crippen molar-refractivity contribution in [3.63, 3.8) is 0 Å². The molecule has 1 rings (SSSR count). The van der Waals surface area contributed by atoms with Gasteiger partial charge in [-0.05, 0) is 12.1 Å². The van der Waals surface area contributed by atoms with E-state index in [-0.39, 0.29) is 0 Å². The van der Waals surface area contributed by atoms with Crippen LogP contribution in [0, 0.1) is 0 Å². The Morgan fingerprint density at radius 3 is 0.864 bits per heavy atom. The Bertz CT molecular complexity index is 708. The fraction of sp³-hybridized carbons (Fsp3) is 0.800. The van der Waals surface area contributed by atoms with E-state index in [9.17, 15) is 0 Å². The number of para-hydroxylation sites is 2. The first-order valence-electron chi connectivity index (χ1n) is 15.4. The molecule has 258 valence electrons. The van der Waals surface area contributed by atoms with Crippen molar-refractivity contribution >= 4 is 5.69 Å². The van der Waals surface area contributed by atoms with Crippen molar-refractivity contribution in [2.24, 2.45) is 5.73 Å². The van der Waals surface area contributed by atoms with Crippen molar-refractivity contribution in [2.45, 2.75) is 0 Å². The van der Waals surface area contributed by atoms with E-state index in [1.54, 1.807) is 6.07 Å². The van der Waals surface area contributed by atoms with E-state index >= 15 is 0 Å². The summed E-state index contributed by atoms with van der Waals surface area (Å²) >= 11 is 0. The van der Waals surface area contributed by atoms with E-state index in [0.717, 1.165) is 0 Å². The third-order valence-electron chi connectivity index (χ3n) is 5.39. The third kappa shape index (κ3) is 29.1. The van der Waals surface area contributed by atoms with Gasteiger partial charge in [0, 0.05) is 6.54 Å². The van der Waals surface area contributed by atoms with Crippen LogP contribution in [0.4, 0.5) is 5.69 Å². The quantitative estimate of drug-likeness (QED) is 0.0785. The molecule has 0 aromatic heterocycles. The molecule has 4 N–H and O–H groups in total. The van der Waals surface area contributed by atoms with Crippen molar-refractivity contribution in [2.75, 3.05) is 164 Å². The van der Waals surface area contributed by atoms with Crippen LogP contribution in [-0.2, 0) is 52.1 Å². The average molecular weight is 637 g/mol. The number of ether oxygens (including phenoxy) is 12. The fourth-order valence-electron chi connectivity index (χ4n) is 3.21. The second kappa shape index (κ2) is 34.2. The Hall–Kier alpha value is -1.66. The molecule has 0 saturated heterocycles. The summed E-state index contributed by atoms with van der Waals surface area (Å²) in [6.07, 6.45) is 0. The highest BCUT2D eigenvalue weighted by Crippen LogP contribution is 2.19. The molecule has 1 aromatic rings.